The predicted octanol–water partition coefficient (Wildman–Crippen LogP) is 4.60. The van der Waals surface area contributed by atoms with E-state index in [0.29, 0.717) is 48.6 Å². The molecular weight excluding hydrogens is 773 g/mol. The van der Waals surface area contributed by atoms with Crippen molar-refractivity contribution in [3.05, 3.63) is 108 Å². The normalized spacial score (nSPS) is 23.5. The fraction of sp³-hybridized carbons (Fsp3) is 0.381. The molecule has 0 aliphatic carbocycles. The molecule has 4 aliphatic rings. The highest BCUT2D eigenvalue weighted by Gasteiger charge is 2.49. The van der Waals surface area contributed by atoms with E-state index < -0.39 is 55.2 Å². The second-order valence-corrected chi connectivity index (χ2v) is 19.5. The van der Waals surface area contributed by atoms with Gasteiger partial charge in [0.2, 0.25) is 31.5 Å². The molecule has 0 saturated carbocycles. The first kappa shape index (κ1) is 41.8. The van der Waals surface area contributed by atoms with Crippen LogP contribution in [0.3, 0.4) is 0 Å². The molecular formula is C42H48N2O11S2. The molecule has 13 nitrogen and oxygen atoms in total. The Morgan fingerprint density at radius 1 is 0.561 bits per heavy atom. The average Bonchev–Trinajstić information content (AvgIpc) is 3.80. The molecule has 4 heterocycles. The molecule has 15 heteroatoms. The van der Waals surface area contributed by atoms with Gasteiger partial charge in [0.15, 0.2) is 0 Å². The van der Waals surface area contributed by atoms with Gasteiger partial charge in [-0.05, 0) is 101 Å². The van der Waals surface area contributed by atoms with Gasteiger partial charge in [-0.25, -0.2) is 16.8 Å². The third kappa shape index (κ3) is 7.66. The van der Waals surface area contributed by atoms with E-state index in [2.05, 4.69) is 0 Å². The third-order valence-electron chi connectivity index (χ3n) is 11.0. The van der Waals surface area contributed by atoms with Gasteiger partial charge in [-0.3, -0.25) is 9.59 Å². The zero-order valence-electron chi connectivity index (χ0n) is 32.2. The largest absolute Gasteiger partial charge is 0.485 e. The zero-order valence-corrected chi connectivity index (χ0v) is 33.8. The summed E-state index contributed by atoms with van der Waals surface area (Å²) in [7, 11) is -7.44. The summed E-state index contributed by atoms with van der Waals surface area (Å²) in [6.07, 6.45) is 0.360. The Morgan fingerprint density at radius 2 is 0.912 bits per heavy atom. The molecule has 2 fully saturated rings. The topological polar surface area (TPSA) is 199 Å². The van der Waals surface area contributed by atoms with Crippen molar-refractivity contribution < 1.29 is 51.6 Å². The van der Waals surface area contributed by atoms with Crippen LogP contribution in [-0.2, 0) is 29.3 Å². The summed E-state index contributed by atoms with van der Waals surface area (Å²) in [6.45, 7) is 8.13. The van der Waals surface area contributed by atoms with E-state index in [1.54, 1.807) is 110 Å². The molecule has 4 atom stereocenters. The molecule has 4 aromatic rings. The van der Waals surface area contributed by atoms with Crippen molar-refractivity contribution >= 4 is 31.5 Å². The Labute approximate surface area is 333 Å². The molecule has 2 unspecified atom stereocenters. The van der Waals surface area contributed by atoms with Crippen LogP contribution in [0.1, 0.15) is 76.6 Å². The van der Waals surface area contributed by atoms with Crippen LogP contribution >= 0.6 is 0 Å². The van der Waals surface area contributed by atoms with Gasteiger partial charge >= 0.3 is 0 Å². The summed E-state index contributed by atoms with van der Waals surface area (Å²) in [5, 5.41) is 21.9. The minimum atomic E-state index is -3.72. The fourth-order valence-corrected chi connectivity index (χ4v) is 10.5. The molecule has 8 rings (SSSR count). The Bertz CT molecular complexity index is 2200. The van der Waals surface area contributed by atoms with Crippen LogP contribution in [0.25, 0.3) is 0 Å². The van der Waals surface area contributed by atoms with E-state index in [1.165, 1.54) is 24.3 Å². The Balaban J connectivity index is 0.000000189. The molecule has 0 aromatic heterocycles. The van der Waals surface area contributed by atoms with Crippen LogP contribution in [0.5, 0.6) is 11.5 Å². The van der Waals surface area contributed by atoms with Gasteiger partial charge in [-0.15, -0.1) is 0 Å². The maximum Gasteiger partial charge on any atom is 0.223 e. The van der Waals surface area contributed by atoms with Crippen LogP contribution < -0.4 is 9.47 Å². The van der Waals surface area contributed by atoms with E-state index in [-0.39, 0.29) is 36.9 Å². The molecule has 2 saturated heterocycles. The molecule has 4 N–H and O–H groups in total. The molecule has 4 aromatic carbocycles. The number of carbonyl (C=O) groups is 2. The van der Waals surface area contributed by atoms with Gasteiger partial charge in [0.25, 0.3) is 0 Å². The van der Waals surface area contributed by atoms with Crippen molar-refractivity contribution in [2.75, 3.05) is 13.1 Å². The number of hydrogen-bond acceptors (Lipinski definition) is 10. The van der Waals surface area contributed by atoms with Gasteiger partial charge in [0, 0.05) is 37.1 Å². The van der Waals surface area contributed by atoms with Crippen molar-refractivity contribution in [2.24, 2.45) is 0 Å². The number of nitrogens with zero attached hydrogens (tertiary/aromatic N) is 2. The highest BCUT2D eigenvalue weighted by Crippen LogP contribution is 2.47. The van der Waals surface area contributed by atoms with Gasteiger partial charge in [-0.1, -0.05) is 36.4 Å². The lowest BCUT2D eigenvalue weighted by atomic mass is 9.85. The SMILES string of the molecule is CC1(C)Oc2ccc(S(=O)(=O)c3ccccc3)cc2C(N2CCCC2=O)C1O.CC1(C)Oc2ccc(S(=O)(=O)c3ccccc3)cc2[C@@H](N2CCCC2=O)[C@@H]1O.O. The first-order chi connectivity index (χ1) is 26.4. The summed E-state index contributed by atoms with van der Waals surface area (Å²) >= 11 is 0. The Morgan fingerprint density at radius 3 is 1.23 bits per heavy atom. The lowest BCUT2D eigenvalue weighted by Gasteiger charge is -2.45. The molecule has 2 amide bonds. The minimum Gasteiger partial charge on any atom is -0.485 e. The number of amides is 2. The lowest BCUT2D eigenvalue weighted by molar-refractivity contribution is -0.140. The number of benzene rings is 4. The van der Waals surface area contributed by atoms with Gasteiger partial charge in [0.05, 0.1) is 31.7 Å². The van der Waals surface area contributed by atoms with Crippen LogP contribution in [0.2, 0.25) is 0 Å². The van der Waals surface area contributed by atoms with Gasteiger partial charge < -0.3 is 35.0 Å². The molecule has 4 aliphatic heterocycles. The van der Waals surface area contributed by atoms with Crippen molar-refractivity contribution in [1.82, 2.24) is 9.80 Å². The fourth-order valence-electron chi connectivity index (χ4n) is 7.90. The highest BCUT2D eigenvalue weighted by atomic mass is 32.2. The van der Waals surface area contributed by atoms with Crippen molar-refractivity contribution in [2.45, 2.75) is 108 Å². The third-order valence-corrected chi connectivity index (χ3v) is 14.5. The Hall–Kier alpha value is -4.80. The number of hydrogen-bond donors (Lipinski definition) is 2. The summed E-state index contributed by atoms with van der Waals surface area (Å²) in [4.78, 5) is 28.7. The molecule has 57 heavy (non-hydrogen) atoms. The van der Waals surface area contributed by atoms with E-state index in [1.807, 2.05) is 0 Å². The summed E-state index contributed by atoms with van der Waals surface area (Å²) in [5.74, 6) is 0.909. The van der Waals surface area contributed by atoms with E-state index in [0.717, 1.165) is 12.8 Å². The number of aliphatic hydroxyl groups is 2. The first-order valence-electron chi connectivity index (χ1n) is 18.6. The molecule has 304 valence electrons. The molecule has 0 spiro atoms. The number of carbonyl (C=O) groups excluding carboxylic acids is 2. The van der Waals surface area contributed by atoms with Crippen LogP contribution in [0, 0.1) is 0 Å². The average molecular weight is 821 g/mol. The smallest absolute Gasteiger partial charge is 0.223 e. The maximum atomic E-state index is 13.0. The summed E-state index contributed by atoms with van der Waals surface area (Å²) in [6, 6.07) is 24.4. The van der Waals surface area contributed by atoms with Gasteiger partial charge in [-0.2, -0.15) is 0 Å². The quantitative estimate of drug-likeness (QED) is 0.277. The van der Waals surface area contributed by atoms with Gasteiger partial charge in [0.1, 0.15) is 34.9 Å². The van der Waals surface area contributed by atoms with Crippen LogP contribution in [-0.4, -0.2) is 90.6 Å². The number of aliphatic hydroxyl groups excluding tert-OH is 2. The standard InChI is InChI=1S/2C21H23NO5S.H2O/c2*1-21(2)20(24)19(22-12-6-9-18(22)23)16-13-15(10-11-17(16)27-21)28(25,26)14-7-4-3-5-8-14;/h2*3-5,7-8,10-11,13,19-20,24H,6,9,12H2,1-2H3;1H2/t19-,20+;;/m1../s1. The van der Waals surface area contributed by atoms with Crippen molar-refractivity contribution in [3.8, 4) is 11.5 Å². The summed E-state index contributed by atoms with van der Waals surface area (Å²) < 4.78 is 64.0. The maximum absolute atomic E-state index is 13.0. The number of rotatable bonds is 6. The summed E-state index contributed by atoms with van der Waals surface area (Å²) in [5.41, 5.74) is -0.751. The van der Waals surface area contributed by atoms with Crippen molar-refractivity contribution in [3.63, 3.8) is 0 Å². The first-order valence-corrected chi connectivity index (χ1v) is 21.6. The number of ether oxygens (including phenoxy) is 2. The lowest BCUT2D eigenvalue weighted by Crippen LogP contribution is -2.53. The zero-order chi connectivity index (χ0) is 40.2. The Kier molecular flexibility index (Phi) is 11.4. The van der Waals surface area contributed by atoms with E-state index >= 15 is 0 Å². The van der Waals surface area contributed by atoms with E-state index in [4.69, 9.17) is 9.47 Å². The van der Waals surface area contributed by atoms with Crippen molar-refractivity contribution in [1.29, 1.82) is 0 Å². The highest BCUT2D eigenvalue weighted by molar-refractivity contribution is 7.91. The monoisotopic (exact) mass is 820 g/mol. The second-order valence-electron chi connectivity index (χ2n) is 15.6. The molecule has 0 radical (unpaired) electrons. The number of fused-ring (bicyclic) bond motifs is 2. The number of likely N-dealkylation sites (tertiary alicyclic amines) is 2. The number of sulfone groups is 2. The van der Waals surface area contributed by atoms with Crippen LogP contribution in [0.15, 0.2) is 117 Å². The second kappa shape index (κ2) is 15.5. The predicted molar refractivity (Wildman–Crippen MR) is 209 cm³/mol. The minimum absolute atomic E-state index is 0. The molecule has 0 bridgehead atoms. The van der Waals surface area contributed by atoms with E-state index in [9.17, 15) is 36.6 Å². The van der Waals surface area contributed by atoms with Crippen LogP contribution in [0.4, 0.5) is 0 Å².